The van der Waals surface area contributed by atoms with Crippen LogP contribution in [0.15, 0.2) is 48.7 Å². The zero-order chi connectivity index (χ0) is 21.8. The van der Waals surface area contributed by atoms with Crippen LogP contribution in [0.5, 0.6) is 11.5 Å². The molecule has 9 heteroatoms. The molecule has 3 heterocycles. The first-order valence-electron chi connectivity index (χ1n) is 10.1. The van der Waals surface area contributed by atoms with Crippen LogP contribution in [-0.4, -0.2) is 70.7 Å². The highest BCUT2D eigenvalue weighted by atomic mass is 35.5. The molecule has 0 saturated carbocycles. The van der Waals surface area contributed by atoms with Gasteiger partial charge in [0.05, 0.1) is 0 Å². The number of halogens is 1. The van der Waals surface area contributed by atoms with Crippen molar-refractivity contribution in [2.75, 3.05) is 39.0 Å². The molecule has 0 aliphatic carbocycles. The van der Waals surface area contributed by atoms with E-state index in [1.807, 2.05) is 42.1 Å². The van der Waals surface area contributed by atoms with Crippen LogP contribution >= 0.6 is 11.6 Å². The number of likely N-dealkylation sites (tertiary alicyclic amines) is 1. The van der Waals surface area contributed by atoms with Crippen molar-refractivity contribution in [2.45, 2.75) is 12.5 Å². The zero-order valence-corrected chi connectivity index (χ0v) is 18.3. The van der Waals surface area contributed by atoms with Crippen molar-refractivity contribution in [3.8, 4) is 11.5 Å². The van der Waals surface area contributed by atoms with E-state index >= 15 is 0 Å². The molecule has 1 aliphatic rings. The van der Waals surface area contributed by atoms with Crippen LogP contribution in [0.25, 0.3) is 11.0 Å². The molecule has 1 aromatic carbocycles. The van der Waals surface area contributed by atoms with Crippen LogP contribution in [-0.2, 0) is 4.79 Å². The Morgan fingerprint density at radius 2 is 2.16 bits per heavy atom. The van der Waals surface area contributed by atoms with Crippen LogP contribution in [0, 0.1) is 0 Å². The molecule has 2 N–H and O–H groups in total. The largest absolute Gasteiger partial charge is 0.456 e. The molecule has 2 aromatic heterocycles. The Hall–Kier alpha value is -3.10. The van der Waals surface area contributed by atoms with Gasteiger partial charge >= 0.3 is 0 Å². The first kappa shape index (κ1) is 21.1. The number of likely N-dealkylation sites (N-methyl/N-ethyl adjacent to an activating group) is 1. The van der Waals surface area contributed by atoms with Gasteiger partial charge in [-0.05, 0) is 44.8 Å². The summed E-state index contributed by atoms with van der Waals surface area (Å²) in [5, 5.41) is 12.2. The van der Waals surface area contributed by atoms with Gasteiger partial charge in [-0.2, -0.15) is 5.10 Å². The second-order valence-corrected chi connectivity index (χ2v) is 8.18. The molecule has 1 atom stereocenters. The van der Waals surface area contributed by atoms with Gasteiger partial charge in [0.2, 0.25) is 5.91 Å². The van der Waals surface area contributed by atoms with Crippen LogP contribution < -0.4 is 10.1 Å². The normalized spacial score (nSPS) is 16.5. The van der Waals surface area contributed by atoms with Gasteiger partial charge in [0.25, 0.3) is 0 Å². The first-order chi connectivity index (χ1) is 15.0. The minimum absolute atomic E-state index is 0.0338. The second-order valence-electron chi connectivity index (χ2n) is 7.74. The maximum atomic E-state index is 12.4. The number of nitrogens with zero attached hydrogens (tertiary/aromatic N) is 4. The van der Waals surface area contributed by atoms with Gasteiger partial charge in [-0.3, -0.25) is 9.89 Å². The van der Waals surface area contributed by atoms with Crippen molar-refractivity contribution in [1.82, 2.24) is 25.0 Å². The van der Waals surface area contributed by atoms with Crippen molar-refractivity contribution >= 4 is 34.4 Å². The Labute approximate surface area is 185 Å². The highest BCUT2D eigenvalue weighted by Crippen LogP contribution is 2.33. The number of carbonyl (C=O) groups excluding carboxylic acids is 1. The van der Waals surface area contributed by atoms with Crippen LogP contribution in [0.3, 0.4) is 0 Å². The Morgan fingerprint density at radius 3 is 2.94 bits per heavy atom. The van der Waals surface area contributed by atoms with E-state index in [9.17, 15) is 4.79 Å². The van der Waals surface area contributed by atoms with E-state index in [0.29, 0.717) is 41.1 Å². The molecule has 0 bridgehead atoms. The van der Waals surface area contributed by atoms with Gasteiger partial charge in [-0.1, -0.05) is 17.7 Å². The van der Waals surface area contributed by atoms with Crippen LogP contribution in [0.4, 0.5) is 5.82 Å². The summed E-state index contributed by atoms with van der Waals surface area (Å²) in [6.45, 7) is 2.06. The van der Waals surface area contributed by atoms with E-state index < -0.39 is 0 Å². The van der Waals surface area contributed by atoms with Crippen molar-refractivity contribution in [2.24, 2.45) is 0 Å². The fourth-order valence-electron chi connectivity index (χ4n) is 3.48. The summed E-state index contributed by atoms with van der Waals surface area (Å²) in [4.78, 5) is 20.6. The third-order valence-corrected chi connectivity index (χ3v) is 5.29. The molecule has 0 unspecified atom stereocenters. The smallest absolute Gasteiger partial charge is 0.246 e. The number of fused-ring (bicyclic) bond motifs is 1. The SMILES string of the molecule is CN(C)CC=CC(=O)N1CC[C@@H](Nc2n[nH]c3nccc(Oc4ccc(Cl)cc4)c23)C1. The number of aromatic amines is 1. The maximum absolute atomic E-state index is 12.4. The molecular weight excluding hydrogens is 416 g/mol. The monoisotopic (exact) mass is 440 g/mol. The maximum Gasteiger partial charge on any atom is 0.246 e. The summed E-state index contributed by atoms with van der Waals surface area (Å²) in [5.41, 5.74) is 0.631. The molecule has 4 rings (SSSR count). The van der Waals surface area contributed by atoms with Crippen LogP contribution in [0.1, 0.15) is 6.42 Å². The summed E-state index contributed by atoms with van der Waals surface area (Å²) in [6.07, 6.45) is 6.05. The third-order valence-electron chi connectivity index (χ3n) is 5.04. The molecule has 8 nitrogen and oxygen atoms in total. The molecule has 1 saturated heterocycles. The number of anilines is 1. The number of rotatable bonds is 7. The first-order valence-corrected chi connectivity index (χ1v) is 10.5. The fourth-order valence-corrected chi connectivity index (χ4v) is 3.61. The zero-order valence-electron chi connectivity index (χ0n) is 17.5. The Balaban J connectivity index is 1.46. The van der Waals surface area contributed by atoms with Gasteiger partial charge < -0.3 is 19.9 Å². The number of nitrogens with one attached hydrogen (secondary N) is 2. The summed E-state index contributed by atoms with van der Waals surface area (Å²) in [5.74, 6) is 2.01. The quantitative estimate of drug-likeness (QED) is 0.546. The summed E-state index contributed by atoms with van der Waals surface area (Å²) in [6, 6.07) is 9.08. The van der Waals surface area contributed by atoms with Crippen molar-refractivity contribution < 1.29 is 9.53 Å². The van der Waals surface area contributed by atoms with E-state index in [1.54, 1.807) is 30.5 Å². The molecule has 1 fully saturated rings. The predicted molar refractivity (Wildman–Crippen MR) is 122 cm³/mol. The van der Waals surface area contributed by atoms with Gasteiger partial charge in [0, 0.05) is 49.0 Å². The Bertz CT molecular complexity index is 1080. The number of carbonyl (C=O) groups is 1. The molecule has 1 amide bonds. The molecule has 162 valence electrons. The molecule has 1 aliphatic heterocycles. The predicted octanol–water partition coefficient (Wildman–Crippen LogP) is 3.53. The van der Waals surface area contributed by atoms with E-state index in [0.717, 1.165) is 18.4 Å². The average Bonchev–Trinajstić information content (AvgIpc) is 3.38. The fraction of sp³-hybridized carbons (Fsp3) is 0.318. The number of benzene rings is 1. The number of H-pyrrole nitrogens is 1. The number of amides is 1. The molecule has 3 aromatic rings. The molecular formula is C22H25ClN6O2. The average molecular weight is 441 g/mol. The summed E-state index contributed by atoms with van der Waals surface area (Å²) in [7, 11) is 3.94. The standard InChI is InChI=1S/C22H25ClN6O2/c1-28(2)12-3-4-19(30)29-13-10-16(14-29)25-22-20-18(9-11-24-21(20)26-27-22)31-17-7-5-15(23)6-8-17/h3-9,11,16H,10,12-14H2,1-2H3,(H2,24,25,26,27)/t16-/m1/s1. The van der Waals surface area contributed by atoms with Gasteiger partial charge in [-0.25, -0.2) is 4.98 Å². The van der Waals surface area contributed by atoms with Gasteiger partial charge in [-0.15, -0.1) is 0 Å². The minimum atomic E-state index is 0.0338. The highest BCUT2D eigenvalue weighted by molar-refractivity contribution is 6.30. The summed E-state index contributed by atoms with van der Waals surface area (Å²) >= 11 is 5.96. The van der Waals surface area contributed by atoms with E-state index in [2.05, 4.69) is 20.5 Å². The van der Waals surface area contributed by atoms with E-state index in [1.165, 1.54) is 0 Å². The minimum Gasteiger partial charge on any atom is -0.456 e. The number of hydrogen-bond donors (Lipinski definition) is 2. The molecule has 0 radical (unpaired) electrons. The Morgan fingerprint density at radius 1 is 1.35 bits per heavy atom. The van der Waals surface area contributed by atoms with E-state index in [4.69, 9.17) is 16.3 Å². The molecule has 31 heavy (non-hydrogen) atoms. The Kier molecular flexibility index (Phi) is 6.39. The third kappa shape index (κ3) is 5.15. The number of ether oxygens (including phenoxy) is 1. The van der Waals surface area contributed by atoms with Crippen LogP contribution in [0.2, 0.25) is 5.02 Å². The lowest BCUT2D eigenvalue weighted by Crippen LogP contribution is -2.30. The van der Waals surface area contributed by atoms with Crippen molar-refractivity contribution in [3.05, 3.63) is 53.7 Å². The lowest BCUT2D eigenvalue weighted by molar-refractivity contribution is -0.125. The van der Waals surface area contributed by atoms with Crippen molar-refractivity contribution in [1.29, 1.82) is 0 Å². The highest BCUT2D eigenvalue weighted by Gasteiger charge is 2.26. The lowest BCUT2D eigenvalue weighted by Gasteiger charge is -2.16. The van der Waals surface area contributed by atoms with E-state index in [-0.39, 0.29) is 11.9 Å². The molecule has 0 spiro atoms. The van der Waals surface area contributed by atoms with Gasteiger partial charge in [0.15, 0.2) is 11.5 Å². The van der Waals surface area contributed by atoms with Crippen molar-refractivity contribution in [3.63, 3.8) is 0 Å². The number of pyridine rings is 1. The topological polar surface area (TPSA) is 86.4 Å². The lowest BCUT2D eigenvalue weighted by atomic mass is 10.2. The van der Waals surface area contributed by atoms with Gasteiger partial charge in [0.1, 0.15) is 16.9 Å². The summed E-state index contributed by atoms with van der Waals surface area (Å²) < 4.78 is 6.06. The number of hydrogen-bond acceptors (Lipinski definition) is 6. The second kappa shape index (κ2) is 9.36. The number of aromatic nitrogens is 3.